The van der Waals surface area contributed by atoms with E-state index in [-0.39, 0.29) is 24.4 Å². The molecule has 2 heterocycles. The Bertz CT molecular complexity index is 839. The average Bonchev–Trinajstić information content (AvgIpc) is 3.06. The molecule has 3 aromatic rings. The summed E-state index contributed by atoms with van der Waals surface area (Å²) < 4.78 is 6.32. The van der Waals surface area contributed by atoms with Gasteiger partial charge in [0.1, 0.15) is 11.3 Å². The minimum absolute atomic E-state index is 0.146. The smallest absolute Gasteiger partial charge is 0.277 e. The number of nitrogens with one attached hydrogen (secondary N) is 1. The summed E-state index contributed by atoms with van der Waals surface area (Å²) >= 11 is 0. The quantitative estimate of drug-likeness (QED) is 0.761. The van der Waals surface area contributed by atoms with Crippen molar-refractivity contribution in [3.05, 3.63) is 58.8 Å². The molecule has 7 heteroatoms. The molecule has 1 amide bonds. The minimum Gasteiger partial charge on any atom is -0.467 e. The molecule has 0 aliphatic heterocycles. The van der Waals surface area contributed by atoms with Gasteiger partial charge in [0.15, 0.2) is 0 Å². The summed E-state index contributed by atoms with van der Waals surface area (Å²) in [5.41, 5.74) is 0.301. The summed E-state index contributed by atoms with van der Waals surface area (Å²) in [5, 5.41) is 11.0. The Morgan fingerprint density at radius 1 is 1.23 bits per heavy atom. The number of aryl methyl sites for hydroxylation is 1. The molecule has 0 unspecified atom stereocenters. The number of hydrogen-bond acceptors (Lipinski definition) is 5. The zero-order valence-electron chi connectivity index (χ0n) is 11.7. The molecular formula is C15H14N4O3. The first-order valence-electron chi connectivity index (χ1n) is 6.85. The second-order valence-electron chi connectivity index (χ2n) is 4.74. The van der Waals surface area contributed by atoms with Gasteiger partial charge in [-0.1, -0.05) is 17.3 Å². The van der Waals surface area contributed by atoms with Crippen molar-refractivity contribution in [1.29, 1.82) is 0 Å². The lowest BCUT2D eigenvalue weighted by Crippen LogP contribution is -2.29. The van der Waals surface area contributed by atoms with Crippen LogP contribution in [0.25, 0.3) is 10.9 Å². The van der Waals surface area contributed by atoms with Crippen LogP contribution in [0.4, 0.5) is 0 Å². The molecule has 0 fully saturated rings. The summed E-state index contributed by atoms with van der Waals surface area (Å²) in [5.74, 6) is 0.495. The highest BCUT2D eigenvalue weighted by Crippen LogP contribution is 2.03. The van der Waals surface area contributed by atoms with E-state index in [1.807, 2.05) is 0 Å². The van der Waals surface area contributed by atoms with Crippen LogP contribution in [0.1, 0.15) is 12.2 Å². The average molecular weight is 298 g/mol. The molecule has 0 atom stereocenters. The van der Waals surface area contributed by atoms with Crippen molar-refractivity contribution in [2.75, 3.05) is 0 Å². The fraction of sp³-hybridized carbons (Fsp3) is 0.200. The van der Waals surface area contributed by atoms with Crippen LogP contribution in [0.2, 0.25) is 0 Å². The van der Waals surface area contributed by atoms with Gasteiger partial charge in [0.25, 0.3) is 5.56 Å². The first kappa shape index (κ1) is 14.0. The molecule has 112 valence electrons. The van der Waals surface area contributed by atoms with Crippen molar-refractivity contribution < 1.29 is 9.21 Å². The fourth-order valence-electron chi connectivity index (χ4n) is 2.06. The molecule has 22 heavy (non-hydrogen) atoms. The summed E-state index contributed by atoms with van der Waals surface area (Å²) in [7, 11) is 0. The van der Waals surface area contributed by atoms with E-state index in [0.29, 0.717) is 23.2 Å². The zero-order chi connectivity index (χ0) is 15.4. The monoisotopic (exact) mass is 298 g/mol. The first-order valence-corrected chi connectivity index (χ1v) is 6.85. The van der Waals surface area contributed by atoms with Gasteiger partial charge < -0.3 is 9.73 Å². The molecule has 2 aromatic heterocycles. The Balaban J connectivity index is 1.62. The van der Waals surface area contributed by atoms with E-state index < -0.39 is 0 Å². The van der Waals surface area contributed by atoms with Gasteiger partial charge in [0, 0.05) is 6.42 Å². The minimum atomic E-state index is -0.246. The standard InChI is InChI=1S/C15H14N4O3/c20-14(16-10-11-4-3-9-22-11)7-8-19-15(21)12-5-1-2-6-13(12)17-18-19/h1-6,9H,7-8,10H2,(H,16,20). The molecule has 0 spiro atoms. The Hall–Kier alpha value is -2.96. The van der Waals surface area contributed by atoms with Gasteiger partial charge in [-0.15, -0.1) is 5.10 Å². The topological polar surface area (TPSA) is 90.0 Å². The van der Waals surface area contributed by atoms with Gasteiger partial charge in [-0.2, -0.15) is 0 Å². The Labute approximate surface area is 125 Å². The van der Waals surface area contributed by atoms with E-state index in [1.165, 1.54) is 4.68 Å². The Kier molecular flexibility index (Phi) is 3.95. The second-order valence-corrected chi connectivity index (χ2v) is 4.74. The summed E-state index contributed by atoms with van der Waals surface area (Å²) in [6.07, 6.45) is 1.69. The van der Waals surface area contributed by atoms with Crippen LogP contribution in [-0.2, 0) is 17.9 Å². The second kappa shape index (κ2) is 6.21. The third-order valence-electron chi connectivity index (χ3n) is 3.22. The van der Waals surface area contributed by atoms with E-state index in [4.69, 9.17) is 4.42 Å². The summed E-state index contributed by atoms with van der Waals surface area (Å²) in [4.78, 5) is 24.0. The van der Waals surface area contributed by atoms with Gasteiger partial charge in [-0.05, 0) is 24.3 Å². The van der Waals surface area contributed by atoms with Gasteiger partial charge in [0.05, 0.1) is 24.7 Å². The number of aromatic nitrogens is 3. The number of furan rings is 1. The van der Waals surface area contributed by atoms with Crippen LogP contribution in [0.5, 0.6) is 0 Å². The van der Waals surface area contributed by atoms with Crippen molar-refractivity contribution in [3.63, 3.8) is 0 Å². The van der Waals surface area contributed by atoms with Crippen LogP contribution in [0, 0.1) is 0 Å². The van der Waals surface area contributed by atoms with Crippen LogP contribution >= 0.6 is 0 Å². The molecule has 7 nitrogen and oxygen atoms in total. The number of amides is 1. The number of fused-ring (bicyclic) bond motifs is 1. The maximum absolute atomic E-state index is 12.2. The third kappa shape index (κ3) is 3.03. The van der Waals surface area contributed by atoms with Crippen molar-refractivity contribution in [3.8, 4) is 0 Å². The molecule has 1 N–H and O–H groups in total. The van der Waals surface area contributed by atoms with E-state index in [9.17, 15) is 9.59 Å². The number of rotatable bonds is 5. The van der Waals surface area contributed by atoms with E-state index in [0.717, 1.165) is 0 Å². The highest BCUT2D eigenvalue weighted by molar-refractivity contribution is 5.77. The molecule has 0 aliphatic carbocycles. The molecule has 0 bridgehead atoms. The van der Waals surface area contributed by atoms with E-state index >= 15 is 0 Å². The number of carbonyl (C=O) groups is 1. The maximum Gasteiger partial charge on any atom is 0.277 e. The molecule has 0 aliphatic rings. The highest BCUT2D eigenvalue weighted by atomic mass is 16.3. The van der Waals surface area contributed by atoms with Gasteiger partial charge >= 0.3 is 0 Å². The van der Waals surface area contributed by atoms with E-state index in [2.05, 4.69) is 15.6 Å². The van der Waals surface area contributed by atoms with Crippen LogP contribution < -0.4 is 10.9 Å². The number of nitrogens with zero attached hydrogens (tertiary/aromatic N) is 3. The third-order valence-corrected chi connectivity index (χ3v) is 3.22. The van der Waals surface area contributed by atoms with Crippen molar-refractivity contribution in [2.24, 2.45) is 0 Å². The van der Waals surface area contributed by atoms with Gasteiger partial charge in [0.2, 0.25) is 5.91 Å². The van der Waals surface area contributed by atoms with Crippen LogP contribution in [-0.4, -0.2) is 20.9 Å². The van der Waals surface area contributed by atoms with Crippen molar-refractivity contribution in [2.45, 2.75) is 19.5 Å². The summed E-state index contributed by atoms with van der Waals surface area (Å²) in [6, 6.07) is 10.5. The van der Waals surface area contributed by atoms with Crippen molar-refractivity contribution >= 4 is 16.8 Å². The lowest BCUT2D eigenvalue weighted by atomic mass is 10.2. The summed E-state index contributed by atoms with van der Waals surface area (Å²) in [6.45, 7) is 0.505. The molecule has 3 rings (SSSR count). The van der Waals surface area contributed by atoms with Crippen molar-refractivity contribution in [1.82, 2.24) is 20.3 Å². The Morgan fingerprint density at radius 2 is 2.09 bits per heavy atom. The lowest BCUT2D eigenvalue weighted by Gasteiger charge is -2.05. The molecular weight excluding hydrogens is 284 g/mol. The van der Waals surface area contributed by atoms with Gasteiger partial charge in [-0.3, -0.25) is 9.59 Å². The predicted octanol–water partition coefficient (Wildman–Crippen LogP) is 1.09. The maximum atomic E-state index is 12.2. The SMILES string of the molecule is O=C(CCn1nnc2ccccc2c1=O)NCc1ccco1. The zero-order valence-corrected chi connectivity index (χ0v) is 11.7. The Morgan fingerprint density at radius 3 is 2.91 bits per heavy atom. The number of benzene rings is 1. The van der Waals surface area contributed by atoms with Crippen LogP contribution in [0.3, 0.4) is 0 Å². The highest BCUT2D eigenvalue weighted by Gasteiger charge is 2.08. The van der Waals surface area contributed by atoms with Crippen LogP contribution in [0.15, 0.2) is 51.9 Å². The molecule has 0 saturated heterocycles. The molecule has 0 radical (unpaired) electrons. The largest absolute Gasteiger partial charge is 0.467 e. The fourth-order valence-corrected chi connectivity index (χ4v) is 2.06. The number of hydrogen-bond donors (Lipinski definition) is 1. The molecule has 0 saturated carbocycles. The van der Waals surface area contributed by atoms with Gasteiger partial charge in [-0.25, -0.2) is 4.68 Å². The van der Waals surface area contributed by atoms with E-state index in [1.54, 1.807) is 42.7 Å². The first-order chi connectivity index (χ1) is 10.7. The number of carbonyl (C=O) groups excluding carboxylic acids is 1. The molecule has 1 aromatic carbocycles. The predicted molar refractivity (Wildman–Crippen MR) is 79.0 cm³/mol. The lowest BCUT2D eigenvalue weighted by molar-refractivity contribution is -0.121. The normalized spacial score (nSPS) is 10.7.